The second kappa shape index (κ2) is 6.13. The van der Waals surface area contributed by atoms with Crippen molar-refractivity contribution in [2.75, 3.05) is 18.5 Å². The minimum Gasteiger partial charge on any atom is -0.484 e. The van der Waals surface area contributed by atoms with Crippen LogP contribution in [0.5, 0.6) is 5.75 Å². The van der Waals surface area contributed by atoms with E-state index in [4.69, 9.17) is 0 Å². The maximum atomic E-state index is 12.1. The molecule has 1 atom stereocenters. The van der Waals surface area contributed by atoms with E-state index in [0.717, 1.165) is 19.4 Å². The van der Waals surface area contributed by atoms with Gasteiger partial charge in [-0.1, -0.05) is 6.07 Å². The van der Waals surface area contributed by atoms with Gasteiger partial charge in [0.25, 0.3) is 0 Å². The first-order chi connectivity index (χ1) is 9.44. The van der Waals surface area contributed by atoms with Crippen molar-refractivity contribution in [2.24, 2.45) is 0 Å². The zero-order valence-electron chi connectivity index (χ0n) is 10.7. The van der Waals surface area contributed by atoms with E-state index in [1.54, 1.807) is 6.07 Å². The van der Waals surface area contributed by atoms with Crippen molar-refractivity contribution in [3.05, 3.63) is 24.3 Å². The van der Waals surface area contributed by atoms with Crippen LogP contribution < -0.4 is 15.4 Å². The summed E-state index contributed by atoms with van der Waals surface area (Å²) in [4.78, 5) is 11.8. The lowest BCUT2D eigenvalue weighted by Crippen LogP contribution is -2.35. The summed E-state index contributed by atoms with van der Waals surface area (Å²) in [6, 6.07) is 5.68. The fourth-order valence-corrected chi connectivity index (χ4v) is 1.97. The van der Waals surface area contributed by atoms with Gasteiger partial charge in [0.1, 0.15) is 5.75 Å². The first kappa shape index (κ1) is 14.6. The average molecular weight is 288 g/mol. The number of halogens is 3. The molecule has 2 rings (SSSR count). The highest BCUT2D eigenvalue weighted by Crippen LogP contribution is 2.21. The number of nitrogens with one attached hydrogen (secondary N) is 2. The molecule has 2 N–H and O–H groups in total. The quantitative estimate of drug-likeness (QED) is 0.894. The normalized spacial score (nSPS) is 18.9. The predicted octanol–water partition coefficient (Wildman–Crippen LogP) is 2.32. The Morgan fingerprint density at radius 3 is 2.90 bits per heavy atom. The molecule has 0 aromatic heterocycles. The molecule has 1 aliphatic rings. The molecule has 0 spiro atoms. The van der Waals surface area contributed by atoms with Crippen molar-refractivity contribution in [1.29, 1.82) is 0 Å². The van der Waals surface area contributed by atoms with Crippen molar-refractivity contribution in [3.63, 3.8) is 0 Å². The summed E-state index contributed by atoms with van der Waals surface area (Å²) in [6.07, 6.45) is -2.68. The highest BCUT2D eigenvalue weighted by Gasteiger charge is 2.28. The van der Waals surface area contributed by atoms with Gasteiger partial charge in [-0.25, -0.2) is 0 Å². The number of carbonyl (C=O) groups excluding carboxylic acids is 1. The molecular weight excluding hydrogens is 273 g/mol. The largest absolute Gasteiger partial charge is 0.484 e. The van der Waals surface area contributed by atoms with Crippen LogP contribution in [0.15, 0.2) is 24.3 Å². The topological polar surface area (TPSA) is 50.4 Å². The monoisotopic (exact) mass is 288 g/mol. The second-order valence-electron chi connectivity index (χ2n) is 4.57. The molecule has 1 aliphatic heterocycles. The average Bonchev–Trinajstić information content (AvgIpc) is 2.90. The Morgan fingerprint density at radius 2 is 2.25 bits per heavy atom. The summed E-state index contributed by atoms with van der Waals surface area (Å²) in [5, 5.41) is 5.70. The van der Waals surface area contributed by atoms with Gasteiger partial charge in [0, 0.05) is 11.8 Å². The third kappa shape index (κ3) is 4.41. The van der Waals surface area contributed by atoms with Gasteiger partial charge < -0.3 is 15.4 Å². The van der Waals surface area contributed by atoms with E-state index < -0.39 is 12.8 Å². The summed E-state index contributed by atoms with van der Waals surface area (Å²) < 4.78 is 40.8. The molecule has 1 aromatic rings. The Hall–Kier alpha value is -1.76. The molecule has 0 saturated carbocycles. The molecular formula is C13H15F3N2O2. The third-order valence-corrected chi connectivity index (χ3v) is 2.88. The molecule has 1 heterocycles. The Bertz CT molecular complexity index is 471. The van der Waals surface area contributed by atoms with Gasteiger partial charge in [-0.3, -0.25) is 4.79 Å². The van der Waals surface area contributed by atoms with Gasteiger partial charge in [0.15, 0.2) is 6.61 Å². The molecule has 4 nitrogen and oxygen atoms in total. The summed E-state index contributed by atoms with van der Waals surface area (Å²) in [6.45, 7) is -0.554. The Labute approximate surface area is 114 Å². The van der Waals surface area contributed by atoms with Gasteiger partial charge in [-0.15, -0.1) is 0 Å². The number of anilines is 1. The number of carbonyl (C=O) groups is 1. The Kier molecular flexibility index (Phi) is 4.49. The molecule has 1 unspecified atom stereocenters. The van der Waals surface area contributed by atoms with Crippen LogP contribution in [0.3, 0.4) is 0 Å². The van der Waals surface area contributed by atoms with Gasteiger partial charge in [0.05, 0.1) is 6.04 Å². The number of hydrogen-bond donors (Lipinski definition) is 2. The number of ether oxygens (including phenoxy) is 1. The highest BCUT2D eigenvalue weighted by molar-refractivity contribution is 5.95. The summed E-state index contributed by atoms with van der Waals surface area (Å²) >= 11 is 0. The summed E-state index contributed by atoms with van der Waals surface area (Å²) in [5.41, 5.74) is 0.420. The number of rotatable bonds is 4. The van der Waals surface area contributed by atoms with Crippen molar-refractivity contribution >= 4 is 11.6 Å². The van der Waals surface area contributed by atoms with E-state index in [2.05, 4.69) is 15.4 Å². The molecule has 1 fully saturated rings. The minimum atomic E-state index is -4.38. The summed E-state index contributed by atoms with van der Waals surface area (Å²) in [5.74, 6) is -0.116. The van der Waals surface area contributed by atoms with E-state index in [1.165, 1.54) is 18.2 Å². The van der Waals surface area contributed by atoms with E-state index >= 15 is 0 Å². The van der Waals surface area contributed by atoms with Crippen LogP contribution in [0.25, 0.3) is 0 Å². The van der Waals surface area contributed by atoms with Crippen molar-refractivity contribution in [3.8, 4) is 5.75 Å². The van der Waals surface area contributed by atoms with Crippen LogP contribution in [0, 0.1) is 0 Å². The van der Waals surface area contributed by atoms with Gasteiger partial charge in [-0.2, -0.15) is 13.2 Å². The lowest BCUT2D eigenvalue weighted by molar-refractivity contribution is -0.153. The van der Waals surface area contributed by atoms with Gasteiger partial charge in [-0.05, 0) is 31.5 Å². The van der Waals surface area contributed by atoms with E-state index in [1.807, 2.05) is 0 Å². The van der Waals surface area contributed by atoms with Crippen molar-refractivity contribution in [1.82, 2.24) is 5.32 Å². The minimum absolute atomic E-state index is 0.0690. The summed E-state index contributed by atoms with van der Waals surface area (Å²) in [7, 11) is 0. The van der Waals surface area contributed by atoms with Gasteiger partial charge >= 0.3 is 6.18 Å². The van der Waals surface area contributed by atoms with E-state index in [-0.39, 0.29) is 17.7 Å². The van der Waals surface area contributed by atoms with Crippen LogP contribution in [-0.4, -0.2) is 31.3 Å². The standard InChI is InChI=1S/C13H15F3N2O2/c14-13(15,16)8-20-10-4-1-3-9(7-10)18-12(19)11-5-2-6-17-11/h1,3-4,7,11,17H,2,5-6,8H2,(H,18,19). The Balaban J connectivity index is 1.93. The van der Waals surface area contributed by atoms with Crippen LogP contribution in [0.2, 0.25) is 0 Å². The molecule has 20 heavy (non-hydrogen) atoms. The second-order valence-corrected chi connectivity index (χ2v) is 4.57. The molecule has 0 bridgehead atoms. The molecule has 1 aromatic carbocycles. The van der Waals surface area contributed by atoms with Crippen molar-refractivity contribution in [2.45, 2.75) is 25.1 Å². The third-order valence-electron chi connectivity index (χ3n) is 2.88. The number of alkyl halides is 3. The fraction of sp³-hybridized carbons (Fsp3) is 0.462. The molecule has 1 amide bonds. The first-order valence-corrected chi connectivity index (χ1v) is 6.28. The smallest absolute Gasteiger partial charge is 0.422 e. The fourth-order valence-electron chi connectivity index (χ4n) is 1.97. The van der Waals surface area contributed by atoms with E-state index in [0.29, 0.717) is 5.69 Å². The molecule has 1 saturated heterocycles. The van der Waals surface area contributed by atoms with Gasteiger partial charge in [0.2, 0.25) is 5.91 Å². The Morgan fingerprint density at radius 1 is 1.45 bits per heavy atom. The molecule has 7 heteroatoms. The zero-order chi connectivity index (χ0) is 14.6. The lowest BCUT2D eigenvalue weighted by atomic mass is 10.2. The van der Waals surface area contributed by atoms with Crippen LogP contribution in [-0.2, 0) is 4.79 Å². The SMILES string of the molecule is O=C(Nc1cccc(OCC(F)(F)F)c1)C1CCCN1. The first-order valence-electron chi connectivity index (χ1n) is 6.28. The highest BCUT2D eigenvalue weighted by atomic mass is 19.4. The molecule has 0 aliphatic carbocycles. The number of benzene rings is 1. The molecule has 0 radical (unpaired) electrons. The number of amides is 1. The maximum Gasteiger partial charge on any atom is 0.422 e. The lowest BCUT2D eigenvalue weighted by Gasteiger charge is -2.13. The van der Waals surface area contributed by atoms with Crippen LogP contribution in [0.4, 0.5) is 18.9 Å². The number of hydrogen-bond acceptors (Lipinski definition) is 3. The van der Waals surface area contributed by atoms with Crippen LogP contribution >= 0.6 is 0 Å². The van der Waals surface area contributed by atoms with Crippen LogP contribution in [0.1, 0.15) is 12.8 Å². The van der Waals surface area contributed by atoms with Crippen molar-refractivity contribution < 1.29 is 22.7 Å². The molecule has 110 valence electrons. The zero-order valence-corrected chi connectivity index (χ0v) is 10.7. The van der Waals surface area contributed by atoms with E-state index in [9.17, 15) is 18.0 Å². The predicted molar refractivity (Wildman–Crippen MR) is 67.6 cm³/mol. The maximum absolute atomic E-state index is 12.1.